The van der Waals surface area contributed by atoms with E-state index in [0.717, 1.165) is 13.1 Å². The molecular formula is C10H22N2O. The summed E-state index contributed by atoms with van der Waals surface area (Å²) in [6.07, 6.45) is 1.19. The van der Waals surface area contributed by atoms with E-state index in [1.54, 1.807) is 0 Å². The first-order valence-electron chi connectivity index (χ1n) is 5.19. The van der Waals surface area contributed by atoms with Crippen molar-refractivity contribution < 1.29 is 5.11 Å². The Labute approximate surface area is 81.1 Å². The summed E-state index contributed by atoms with van der Waals surface area (Å²) in [6.45, 7) is 6.67. The van der Waals surface area contributed by atoms with Crippen molar-refractivity contribution >= 4 is 0 Å². The number of rotatable bonds is 3. The molecule has 1 aliphatic heterocycles. The molecule has 0 aromatic heterocycles. The SMILES string of the molecule is C[C@@H]1CN(C)[C@H](C)C[C@H]1NCCO. The van der Waals surface area contributed by atoms with E-state index in [1.165, 1.54) is 6.42 Å². The van der Waals surface area contributed by atoms with Crippen LogP contribution in [-0.4, -0.2) is 48.8 Å². The minimum Gasteiger partial charge on any atom is -0.395 e. The first-order chi connectivity index (χ1) is 6.15. The zero-order chi connectivity index (χ0) is 9.84. The molecule has 78 valence electrons. The fourth-order valence-electron chi connectivity index (χ4n) is 2.08. The summed E-state index contributed by atoms with van der Waals surface area (Å²) in [4.78, 5) is 2.40. The second-order valence-electron chi connectivity index (χ2n) is 4.29. The third-order valence-electron chi connectivity index (χ3n) is 3.13. The first kappa shape index (κ1) is 11.0. The number of aliphatic hydroxyl groups is 1. The Kier molecular flexibility index (Phi) is 4.16. The molecule has 1 heterocycles. The van der Waals surface area contributed by atoms with Gasteiger partial charge in [0, 0.05) is 25.2 Å². The molecule has 0 radical (unpaired) electrons. The predicted molar refractivity (Wildman–Crippen MR) is 54.7 cm³/mol. The lowest BCUT2D eigenvalue weighted by atomic mass is 9.90. The number of aliphatic hydroxyl groups excluding tert-OH is 1. The maximum atomic E-state index is 8.73. The van der Waals surface area contributed by atoms with Crippen LogP contribution in [0.5, 0.6) is 0 Å². The van der Waals surface area contributed by atoms with Crippen molar-refractivity contribution in [1.29, 1.82) is 0 Å². The molecule has 0 aromatic carbocycles. The summed E-state index contributed by atoms with van der Waals surface area (Å²) in [5, 5.41) is 12.1. The van der Waals surface area contributed by atoms with Crippen LogP contribution in [0.2, 0.25) is 0 Å². The molecule has 3 atom stereocenters. The summed E-state index contributed by atoms with van der Waals surface area (Å²) in [7, 11) is 2.18. The molecular weight excluding hydrogens is 164 g/mol. The Morgan fingerprint density at radius 3 is 2.77 bits per heavy atom. The van der Waals surface area contributed by atoms with E-state index in [9.17, 15) is 0 Å². The lowest BCUT2D eigenvalue weighted by molar-refractivity contribution is 0.118. The maximum absolute atomic E-state index is 8.73. The molecule has 1 rings (SSSR count). The van der Waals surface area contributed by atoms with Gasteiger partial charge in [-0.2, -0.15) is 0 Å². The van der Waals surface area contributed by atoms with Crippen molar-refractivity contribution in [3.63, 3.8) is 0 Å². The minimum absolute atomic E-state index is 0.243. The second kappa shape index (κ2) is 4.94. The van der Waals surface area contributed by atoms with Crippen LogP contribution < -0.4 is 5.32 Å². The van der Waals surface area contributed by atoms with Gasteiger partial charge in [0.05, 0.1) is 6.61 Å². The standard InChI is InChI=1S/C10H22N2O/c1-8-7-12(3)9(2)6-10(8)11-4-5-13/h8-11,13H,4-7H2,1-3H3/t8-,9-,10-/m1/s1. The molecule has 1 aliphatic rings. The van der Waals surface area contributed by atoms with Gasteiger partial charge in [0.15, 0.2) is 0 Å². The van der Waals surface area contributed by atoms with Crippen LogP contribution in [-0.2, 0) is 0 Å². The highest BCUT2D eigenvalue weighted by Gasteiger charge is 2.27. The number of nitrogens with zero attached hydrogens (tertiary/aromatic N) is 1. The van der Waals surface area contributed by atoms with Crippen LogP contribution in [0, 0.1) is 5.92 Å². The fraction of sp³-hybridized carbons (Fsp3) is 1.00. The molecule has 0 aliphatic carbocycles. The van der Waals surface area contributed by atoms with E-state index in [4.69, 9.17) is 5.11 Å². The number of piperidine rings is 1. The average molecular weight is 186 g/mol. The first-order valence-corrected chi connectivity index (χ1v) is 5.19. The molecule has 0 amide bonds. The van der Waals surface area contributed by atoms with Gasteiger partial charge in [-0.1, -0.05) is 6.92 Å². The van der Waals surface area contributed by atoms with Crippen molar-refractivity contribution in [2.75, 3.05) is 26.7 Å². The van der Waals surface area contributed by atoms with Crippen molar-refractivity contribution in [3.05, 3.63) is 0 Å². The van der Waals surface area contributed by atoms with Gasteiger partial charge < -0.3 is 15.3 Å². The molecule has 3 heteroatoms. The number of nitrogens with one attached hydrogen (secondary N) is 1. The van der Waals surface area contributed by atoms with Gasteiger partial charge in [-0.3, -0.25) is 0 Å². The Bertz CT molecular complexity index is 152. The second-order valence-corrected chi connectivity index (χ2v) is 4.29. The van der Waals surface area contributed by atoms with Crippen molar-refractivity contribution in [2.24, 2.45) is 5.92 Å². The lowest BCUT2D eigenvalue weighted by Crippen LogP contribution is -2.51. The Hall–Kier alpha value is -0.120. The number of hydrogen-bond donors (Lipinski definition) is 2. The number of hydrogen-bond acceptors (Lipinski definition) is 3. The number of likely N-dealkylation sites (tertiary alicyclic amines) is 1. The quantitative estimate of drug-likeness (QED) is 0.665. The molecule has 3 nitrogen and oxygen atoms in total. The van der Waals surface area contributed by atoms with Crippen LogP contribution in [0.3, 0.4) is 0 Å². The zero-order valence-corrected chi connectivity index (χ0v) is 8.95. The molecule has 1 saturated heterocycles. The topological polar surface area (TPSA) is 35.5 Å². The third kappa shape index (κ3) is 2.93. The summed E-state index contributed by atoms with van der Waals surface area (Å²) in [5.74, 6) is 0.688. The lowest BCUT2D eigenvalue weighted by Gasteiger charge is -2.40. The molecule has 1 fully saturated rings. The highest BCUT2D eigenvalue weighted by molar-refractivity contribution is 4.85. The molecule has 2 N–H and O–H groups in total. The molecule has 0 aromatic rings. The molecule has 0 spiro atoms. The van der Waals surface area contributed by atoms with Crippen LogP contribution >= 0.6 is 0 Å². The molecule has 0 bridgehead atoms. The van der Waals surface area contributed by atoms with E-state index < -0.39 is 0 Å². The summed E-state index contributed by atoms with van der Waals surface area (Å²) >= 11 is 0. The third-order valence-corrected chi connectivity index (χ3v) is 3.13. The average Bonchev–Trinajstić information content (AvgIpc) is 2.09. The van der Waals surface area contributed by atoms with Gasteiger partial charge in [0.1, 0.15) is 0 Å². The van der Waals surface area contributed by atoms with Crippen molar-refractivity contribution in [3.8, 4) is 0 Å². The van der Waals surface area contributed by atoms with Crippen molar-refractivity contribution in [1.82, 2.24) is 10.2 Å². The van der Waals surface area contributed by atoms with Gasteiger partial charge in [-0.15, -0.1) is 0 Å². The summed E-state index contributed by atoms with van der Waals surface area (Å²) in [6, 6.07) is 1.24. The predicted octanol–water partition coefficient (Wildman–Crippen LogP) is 0.297. The normalized spacial score (nSPS) is 36.5. The molecule has 0 saturated carbocycles. The van der Waals surface area contributed by atoms with Gasteiger partial charge >= 0.3 is 0 Å². The summed E-state index contributed by atoms with van der Waals surface area (Å²) in [5.41, 5.74) is 0. The highest BCUT2D eigenvalue weighted by Crippen LogP contribution is 2.20. The smallest absolute Gasteiger partial charge is 0.0556 e. The Morgan fingerprint density at radius 1 is 1.46 bits per heavy atom. The Morgan fingerprint density at radius 2 is 2.15 bits per heavy atom. The van der Waals surface area contributed by atoms with E-state index in [2.05, 4.69) is 31.1 Å². The monoisotopic (exact) mass is 186 g/mol. The van der Waals surface area contributed by atoms with E-state index in [0.29, 0.717) is 18.0 Å². The van der Waals surface area contributed by atoms with Gasteiger partial charge in [0.2, 0.25) is 0 Å². The molecule has 13 heavy (non-hydrogen) atoms. The minimum atomic E-state index is 0.243. The van der Waals surface area contributed by atoms with E-state index in [1.807, 2.05) is 0 Å². The molecule has 0 unspecified atom stereocenters. The maximum Gasteiger partial charge on any atom is 0.0556 e. The van der Waals surface area contributed by atoms with E-state index >= 15 is 0 Å². The largest absolute Gasteiger partial charge is 0.395 e. The van der Waals surface area contributed by atoms with E-state index in [-0.39, 0.29) is 6.61 Å². The van der Waals surface area contributed by atoms with Gasteiger partial charge in [-0.25, -0.2) is 0 Å². The Balaban J connectivity index is 2.37. The van der Waals surface area contributed by atoms with Crippen LogP contribution in [0.4, 0.5) is 0 Å². The van der Waals surface area contributed by atoms with Gasteiger partial charge in [-0.05, 0) is 26.3 Å². The van der Waals surface area contributed by atoms with Crippen LogP contribution in [0.25, 0.3) is 0 Å². The van der Waals surface area contributed by atoms with Crippen LogP contribution in [0.1, 0.15) is 20.3 Å². The van der Waals surface area contributed by atoms with Crippen molar-refractivity contribution in [2.45, 2.75) is 32.4 Å². The van der Waals surface area contributed by atoms with Gasteiger partial charge in [0.25, 0.3) is 0 Å². The van der Waals surface area contributed by atoms with Crippen LogP contribution in [0.15, 0.2) is 0 Å². The summed E-state index contributed by atoms with van der Waals surface area (Å²) < 4.78 is 0. The highest BCUT2D eigenvalue weighted by atomic mass is 16.3. The zero-order valence-electron chi connectivity index (χ0n) is 8.95. The fourth-order valence-corrected chi connectivity index (χ4v) is 2.08.